The van der Waals surface area contributed by atoms with Gasteiger partial charge in [0.1, 0.15) is 0 Å². The van der Waals surface area contributed by atoms with Crippen molar-refractivity contribution >= 4 is 0 Å². The summed E-state index contributed by atoms with van der Waals surface area (Å²) in [6, 6.07) is 0. The smallest absolute Gasteiger partial charge is 0.0697 e. The topological polar surface area (TPSA) is 53.2 Å². The molecule has 130 valence electrons. The van der Waals surface area contributed by atoms with E-state index in [2.05, 4.69) is 33.7 Å². The molecule has 1 aliphatic carbocycles. The van der Waals surface area contributed by atoms with Crippen molar-refractivity contribution in [2.45, 2.75) is 51.0 Å². The molecule has 1 saturated carbocycles. The SMILES string of the molecule is CNCCN(C)Cc1c[nH]nc1[C@H]1CC[C@@]2(CCCOC2)CC1. The van der Waals surface area contributed by atoms with Crippen LogP contribution in [-0.2, 0) is 11.3 Å². The Kier molecular flexibility index (Phi) is 5.72. The maximum atomic E-state index is 5.77. The summed E-state index contributed by atoms with van der Waals surface area (Å²) in [6.45, 7) is 5.02. The largest absolute Gasteiger partial charge is 0.381 e. The Labute approximate surface area is 140 Å². The molecule has 0 bridgehead atoms. The van der Waals surface area contributed by atoms with Crippen LogP contribution in [-0.4, -0.2) is 55.5 Å². The molecule has 0 aromatic carbocycles. The summed E-state index contributed by atoms with van der Waals surface area (Å²) in [4.78, 5) is 2.37. The first-order chi connectivity index (χ1) is 11.2. The number of hydrogen-bond donors (Lipinski definition) is 2. The third-order valence-electron chi connectivity index (χ3n) is 5.77. The van der Waals surface area contributed by atoms with Gasteiger partial charge in [-0.25, -0.2) is 0 Å². The first-order valence-electron chi connectivity index (χ1n) is 9.16. The Hall–Kier alpha value is -0.910. The van der Waals surface area contributed by atoms with E-state index in [1.165, 1.54) is 49.8 Å². The van der Waals surface area contributed by atoms with Crippen LogP contribution in [0.25, 0.3) is 0 Å². The van der Waals surface area contributed by atoms with Crippen molar-refractivity contribution in [3.63, 3.8) is 0 Å². The molecule has 5 nitrogen and oxygen atoms in total. The van der Waals surface area contributed by atoms with Gasteiger partial charge in [0.05, 0.1) is 12.3 Å². The van der Waals surface area contributed by atoms with E-state index in [0.717, 1.165) is 32.8 Å². The molecule has 1 aromatic heterocycles. The third-order valence-corrected chi connectivity index (χ3v) is 5.77. The lowest BCUT2D eigenvalue weighted by Crippen LogP contribution is -2.35. The van der Waals surface area contributed by atoms with Crippen molar-refractivity contribution in [2.75, 3.05) is 40.4 Å². The van der Waals surface area contributed by atoms with Gasteiger partial charge in [-0.15, -0.1) is 0 Å². The minimum atomic E-state index is 0.481. The zero-order valence-electron chi connectivity index (χ0n) is 14.7. The van der Waals surface area contributed by atoms with E-state index in [1.807, 2.05) is 7.05 Å². The molecule has 1 aromatic rings. The molecule has 5 heteroatoms. The van der Waals surface area contributed by atoms with Gasteiger partial charge in [0.2, 0.25) is 0 Å². The molecule has 2 fully saturated rings. The molecule has 23 heavy (non-hydrogen) atoms. The van der Waals surface area contributed by atoms with Gasteiger partial charge in [-0.05, 0) is 58.0 Å². The van der Waals surface area contributed by atoms with E-state index >= 15 is 0 Å². The van der Waals surface area contributed by atoms with Gasteiger partial charge >= 0.3 is 0 Å². The number of H-pyrrole nitrogens is 1. The van der Waals surface area contributed by atoms with Crippen LogP contribution in [0.4, 0.5) is 0 Å². The molecular weight excluding hydrogens is 288 g/mol. The number of nitrogens with zero attached hydrogens (tertiary/aromatic N) is 2. The Balaban J connectivity index is 1.57. The van der Waals surface area contributed by atoms with Gasteiger partial charge in [0, 0.05) is 43.9 Å². The second kappa shape index (κ2) is 7.77. The lowest BCUT2D eigenvalue weighted by molar-refractivity contribution is -0.0310. The third kappa shape index (κ3) is 4.14. The van der Waals surface area contributed by atoms with Crippen LogP contribution in [0.15, 0.2) is 6.20 Å². The number of ether oxygens (including phenoxy) is 1. The van der Waals surface area contributed by atoms with E-state index in [1.54, 1.807) is 0 Å². The number of likely N-dealkylation sites (N-methyl/N-ethyl adjacent to an activating group) is 2. The first-order valence-corrected chi connectivity index (χ1v) is 9.16. The van der Waals surface area contributed by atoms with Gasteiger partial charge in [-0.2, -0.15) is 5.10 Å². The van der Waals surface area contributed by atoms with E-state index in [4.69, 9.17) is 4.74 Å². The quantitative estimate of drug-likeness (QED) is 0.846. The first kappa shape index (κ1) is 16.9. The van der Waals surface area contributed by atoms with Crippen molar-refractivity contribution in [3.05, 3.63) is 17.5 Å². The molecule has 1 saturated heterocycles. The second-order valence-electron chi connectivity index (χ2n) is 7.57. The monoisotopic (exact) mass is 320 g/mol. The average molecular weight is 320 g/mol. The molecule has 1 spiro atoms. The van der Waals surface area contributed by atoms with Crippen LogP contribution in [0.1, 0.15) is 55.7 Å². The lowest BCUT2D eigenvalue weighted by Gasteiger charge is -2.42. The molecule has 2 heterocycles. The second-order valence-corrected chi connectivity index (χ2v) is 7.57. The van der Waals surface area contributed by atoms with E-state index in [0.29, 0.717) is 11.3 Å². The summed E-state index contributed by atoms with van der Waals surface area (Å²) in [5, 5.41) is 10.9. The zero-order chi connectivity index (χ0) is 16.1. The van der Waals surface area contributed by atoms with E-state index < -0.39 is 0 Å². The van der Waals surface area contributed by atoms with Gasteiger partial charge in [-0.1, -0.05) is 0 Å². The normalized spacial score (nSPS) is 28.6. The van der Waals surface area contributed by atoms with Gasteiger partial charge in [-0.3, -0.25) is 5.10 Å². The number of rotatable bonds is 6. The number of nitrogens with one attached hydrogen (secondary N) is 2. The highest BCUT2D eigenvalue weighted by Crippen LogP contribution is 2.47. The molecule has 3 rings (SSSR count). The number of hydrogen-bond acceptors (Lipinski definition) is 4. The summed E-state index contributed by atoms with van der Waals surface area (Å²) >= 11 is 0. The summed E-state index contributed by atoms with van der Waals surface area (Å²) in [7, 11) is 4.19. The predicted octanol–water partition coefficient (Wildman–Crippen LogP) is 2.52. The van der Waals surface area contributed by atoms with Crippen LogP contribution in [0.2, 0.25) is 0 Å². The van der Waals surface area contributed by atoms with Crippen LogP contribution in [0.3, 0.4) is 0 Å². The van der Waals surface area contributed by atoms with Crippen LogP contribution >= 0.6 is 0 Å². The van der Waals surface area contributed by atoms with E-state index in [9.17, 15) is 0 Å². The number of aromatic amines is 1. The minimum Gasteiger partial charge on any atom is -0.381 e. The van der Waals surface area contributed by atoms with Gasteiger partial charge < -0.3 is 15.0 Å². The molecule has 2 aliphatic rings. The van der Waals surface area contributed by atoms with Crippen molar-refractivity contribution in [3.8, 4) is 0 Å². The summed E-state index contributed by atoms with van der Waals surface area (Å²) < 4.78 is 5.77. The zero-order valence-corrected chi connectivity index (χ0v) is 14.7. The Morgan fingerprint density at radius 1 is 1.39 bits per heavy atom. The Bertz CT molecular complexity index is 471. The fraction of sp³-hybridized carbons (Fsp3) is 0.833. The maximum Gasteiger partial charge on any atom is 0.0697 e. The molecule has 0 amide bonds. The van der Waals surface area contributed by atoms with Crippen molar-refractivity contribution in [2.24, 2.45) is 5.41 Å². The van der Waals surface area contributed by atoms with Gasteiger partial charge in [0.25, 0.3) is 0 Å². The standard InChI is InChI=1S/C18H32N4O/c1-19-9-10-22(2)13-16-12-20-21-17(16)15-4-7-18(8-5-15)6-3-11-23-14-18/h12,15,19H,3-11,13-14H2,1-2H3,(H,20,21)/t15-,18-. The fourth-order valence-electron chi connectivity index (χ4n) is 4.29. The highest BCUT2D eigenvalue weighted by molar-refractivity contribution is 5.21. The molecule has 0 unspecified atom stereocenters. The summed E-state index contributed by atoms with van der Waals surface area (Å²) in [5.74, 6) is 0.626. The van der Waals surface area contributed by atoms with Crippen LogP contribution in [0, 0.1) is 5.41 Å². The number of aromatic nitrogens is 2. The Morgan fingerprint density at radius 2 is 2.22 bits per heavy atom. The Morgan fingerprint density at radius 3 is 2.91 bits per heavy atom. The average Bonchev–Trinajstić information content (AvgIpc) is 3.02. The lowest BCUT2D eigenvalue weighted by atomic mass is 9.67. The van der Waals surface area contributed by atoms with Crippen molar-refractivity contribution in [1.29, 1.82) is 0 Å². The summed E-state index contributed by atoms with van der Waals surface area (Å²) in [5.41, 5.74) is 3.17. The molecule has 2 N–H and O–H groups in total. The molecule has 0 radical (unpaired) electrons. The van der Waals surface area contributed by atoms with Crippen LogP contribution in [0.5, 0.6) is 0 Å². The molecule has 0 atom stereocenters. The minimum absolute atomic E-state index is 0.481. The summed E-state index contributed by atoms with van der Waals surface area (Å²) in [6.07, 6.45) is 9.84. The van der Waals surface area contributed by atoms with Crippen LogP contribution < -0.4 is 5.32 Å². The molecule has 1 aliphatic heterocycles. The van der Waals surface area contributed by atoms with Crippen molar-refractivity contribution < 1.29 is 4.74 Å². The highest BCUT2D eigenvalue weighted by atomic mass is 16.5. The highest BCUT2D eigenvalue weighted by Gasteiger charge is 2.38. The fourth-order valence-corrected chi connectivity index (χ4v) is 4.29. The predicted molar refractivity (Wildman–Crippen MR) is 92.5 cm³/mol. The van der Waals surface area contributed by atoms with E-state index in [-0.39, 0.29) is 0 Å². The van der Waals surface area contributed by atoms with Crippen molar-refractivity contribution in [1.82, 2.24) is 20.4 Å². The van der Waals surface area contributed by atoms with Gasteiger partial charge in [0.15, 0.2) is 0 Å². The maximum absolute atomic E-state index is 5.77. The molecular formula is C18H32N4O.